The van der Waals surface area contributed by atoms with Gasteiger partial charge >= 0.3 is 12.1 Å². The number of esters is 1. The predicted octanol–water partition coefficient (Wildman–Crippen LogP) is 3.94. The van der Waals surface area contributed by atoms with Crippen molar-refractivity contribution in [1.82, 2.24) is 24.5 Å². The summed E-state index contributed by atoms with van der Waals surface area (Å²) in [7, 11) is 1.19. The normalized spacial score (nSPS) is 11.5. The number of anilines is 1. The van der Waals surface area contributed by atoms with Crippen molar-refractivity contribution in [2.75, 3.05) is 12.4 Å². The summed E-state index contributed by atoms with van der Waals surface area (Å²) < 4.78 is 46.5. The number of aryl methyl sites for hydroxylation is 1. The van der Waals surface area contributed by atoms with E-state index in [1.807, 2.05) is 19.1 Å². The molecule has 3 heterocycles. The highest BCUT2D eigenvalue weighted by Gasteiger charge is 2.38. The zero-order valence-electron chi connectivity index (χ0n) is 17.0. The Morgan fingerprint density at radius 2 is 1.97 bits per heavy atom. The number of methoxy groups -OCH3 is 1. The van der Waals surface area contributed by atoms with Gasteiger partial charge in [-0.2, -0.15) is 13.2 Å². The fourth-order valence-electron chi connectivity index (χ4n) is 3.17. The molecule has 0 aliphatic rings. The summed E-state index contributed by atoms with van der Waals surface area (Å²) in [6.07, 6.45) is -0.491. The fourth-order valence-corrected chi connectivity index (χ4v) is 3.17. The number of pyridine rings is 1. The zero-order chi connectivity index (χ0) is 22.9. The number of imidazole rings is 1. The van der Waals surface area contributed by atoms with Crippen LogP contribution < -0.4 is 5.32 Å². The molecule has 0 spiro atoms. The Labute approximate surface area is 180 Å². The number of halogens is 3. The molecule has 1 N–H and O–H groups in total. The molecule has 164 valence electrons. The lowest BCUT2D eigenvalue weighted by atomic mass is 10.2. The van der Waals surface area contributed by atoms with Crippen molar-refractivity contribution in [3.63, 3.8) is 0 Å². The minimum absolute atomic E-state index is 0.0173. The van der Waals surface area contributed by atoms with Gasteiger partial charge in [-0.05, 0) is 36.8 Å². The molecule has 0 saturated carbocycles. The maximum absolute atomic E-state index is 13.7. The third-order valence-electron chi connectivity index (χ3n) is 4.77. The lowest BCUT2D eigenvalue weighted by Crippen LogP contribution is -2.15. The third-order valence-corrected chi connectivity index (χ3v) is 4.77. The summed E-state index contributed by atoms with van der Waals surface area (Å²) >= 11 is 0. The number of aromatic nitrogens is 5. The minimum atomic E-state index is -4.75. The topological polar surface area (TPSA) is 94.8 Å². The van der Waals surface area contributed by atoms with E-state index < -0.39 is 18.0 Å². The molecular formula is C21H17F3N6O2. The van der Waals surface area contributed by atoms with E-state index in [1.165, 1.54) is 37.7 Å². The van der Waals surface area contributed by atoms with Crippen LogP contribution in [0.3, 0.4) is 0 Å². The summed E-state index contributed by atoms with van der Waals surface area (Å²) in [5, 5.41) is 3.07. The van der Waals surface area contributed by atoms with E-state index in [4.69, 9.17) is 0 Å². The van der Waals surface area contributed by atoms with Gasteiger partial charge in [-0.25, -0.2) is 19.7 Å². The second-order valence-corrected chi connectivity index (χ2v) is 6.82. The Hall–Kier alpha value is -4.02. The quantitative estimate of drug-likeness (QED) is 0.468. The Bertz CT molecular complexity index is 1290. The molecule has 0 aliphatic carbocycles. The molecule has 32 heavy (non-hydrogen) atoms. The van der Waals surface area contributed by atoms with Crippen molar-refractivity contribution >= 4 is 22.8 Å². The number of nitrogens with zero attached hydrogens (tertiary/aromatic N) is 5. The SMILES string of the molecule is COC(=O)c1ccc2c(c1)nc(C(F)(F)F)n2-c1cnc(NCc2cccnc2C)cn1. The van der Waals surface area contributed by atoms with Crippen LogP contribution in [-0.4, -0.2) is 37.6 Å². The van der Waals surface area contributed by atoms with Gasteiger partial charge in [-0.15, -0.1) is 0 Å². The Morgan fingerprint density at radius 1 is 1.16 bits per heavy atom. The maximum atomic E-state index is 13.7. The average Bonchev–Trinajstić information content (AvgIpc) is 3.18. The number of carbonyl (C=O) groups excluding carboxylic acids is 1. The molecule has 0 amide bonds. The molecule has 0 aliphatic heterocycles. The summed E-state index contributed by atoms with van der Waals surface area (Å²) in [5.74, 6) is -1.51. The van der Waals surface area contributed by atoms with Crippen LogP contribution in [0.4, 0.5) is 19.0 Å². The van der Waals surface area contributed by atoms with Crippen LogP contribution in [0.1, 0.15) is 27.4 Å². The molecule has 11 heteroatoms. The highest BCUT2D eigenvalue weighted by atomic mass is 19.4. The van der Waals surface area contributed by atoms with Crippen LogP contribution in [0.2, 0.25) is 0 Å². The molecule has 4 aromatic rings. The van der Waals surface area contributed by atoms with E-state index >= 15 is 0 Å². The van der Waals surface area contributed by atoms with Crippen molar-refractivity contribution in [1.29, 1.82) is 0 Å². The van der Waals surface area contributed by atoms with Crippen molar-refractivity contribution in [2.45, 2.75) is 19.6 Å². The number of hydrogen-bond acceptors (Lipinski definition) is 7. The number of hydrogen-bond donors (Lipinski definition) is 1. The van der Waals surface area contributed by atoms with Gasteiger partial charge in [-0.3, -0.25) is 9.55 Å². The van der Waals surface area contributed by atoms with E-state index in [-0.39, 0.29) is 22.4 Å². The second kappa shape index (κ2) is 8.25. The Kier molecular flexibility index (Phi) is 5.47. The molecule has 1 aromatic carbocycles. The number of ether oxygens (including phenoxy) is 1. The number of benzene rings is 1. The van der Waals surface area contributed by atoms with E-state index in [0.29, 0.717) is 12.4 Å². The van der Waals surface area contributed by atoms with Crippen molar-refractivity contribution < 1.29 is 22.7 Å². The molecule has 3 aromatic heterocycles. The molecule has 0 radical (unpaired) electrons. The van der Waals surface area contributed by atoms with E-state index in [1.54, 1.807) is 6.20 Å². The summed E-state index contributed by atoms with van der Waals surface area (Å²) in [6.45, 7) is 2.31. The monoisotopic (exact) mass is 442 g/mol. The first-order valence-corrected chi connectivity index (χ1v) is 9.42. The van der Waals surface area contributed by atoms with Gasteiger partial charge in [0.25, 0.3) is 0 Å². The van der Waals surface area contributed by atoms with Crippen molar-refractivity contribution in [2.24, 2.45) is 0 Å². The molecular weight excluding hydrogens is 425 g/mol. The maximum Gasteiger partial charge on any atom is 0.450 e. The van der Waals surface area contributed by atoms with Gasteiger partial charge in [-0.1, -0.05) is 6.07 Å². The third kappa shape index (κ3) is 4.09. The first kappa shape index (κ1) is 21.2. The smallest absolute Gasteiger partial charge is 0.450 e. The number of rotatable bonds is 5. The molecule has 4 rings (SSSR count). The van der Waals surface area contributed by atoms with E-state index in [0.717, 1.165) is 15.8 Å². The second-order valence-electron chi connectivity index (χ2n) is 6.82. The lowest BCUT2D eigenvalue weighted by molar-refractivity contribution is -0.145. The van der Waals surface area contributed by atoms with Crippen LogP contribution >= 0.6 is 0 Å². The van der Waals surface area contributed by atoms with Gasteiger partial charge in [0.15, 0.2) is 5.82 Å². The minimum Gasteiger partial charge on any atom is -0.465 e. The number of nitrogens with one attached hydrogen (secondary N) is 1. The fraction of sp³-hybridized carbons (Fsp3) is 0.190. The van der Waals surface area contributed by atoms with Gasteiger partial charge in [0.2, 0.25) is 5.82 Å². The zero-order valence-corrected chi connectivity index (χ0v) is 17.0. The molecule has 0 saturated heterocycles. The average molecular weight is 442 g/mol. The van der Waals surface area contributed by atoms with Gasteiger partial charge in [0.05, 0.1) is 36.1 Å². The van der Waals surface area contributed by atoms with Crippen LogP contribution in [0.25, 0.3) is 16.9 Å². The Balaban J connectivity index is 1.69. The van der Waals surface area contributed by atoms with Gasteiger partial charge in [0, 0.05) is 18.4 Å². The van der Waals surface area contributed by atoms with Crippen molar-refractivity contribution in [3.8, 4) is 5.82 Å². The molecule has 0 atom stereocenters. The standard InChI is InChI=1S/C21H17F3N6O2/c1-12-14(4-3-7-25-12)9-26-17-10-28-18(11-27-17)30-16-6-5-13(19(31)32-2)8-15(16)29-20(30)21(22,23)24/h3-8,10-11H,9H2,1-2H3,(H,26,27). The lowest BCUT2D eigenvalue weighted by Gasteiger charge is -2.11. The van der Waals surface area contributed by atoms with E-state index in [2.05, 4.69) is 30.0 Å². The van der Waals surface area contributed by atoms with Crippen LogP contribution in [0.15, 0.2) is 48.9 Å². The Morgan fingerprint density at radius 3 is 2.62 bits per heavy atom. The number of fused-ring (bicyclic) bond motifs is 1. The summed E-state index contributed by atoms with van der Waals surface area (Å²) in [5.41, 5.74) is 2.02. The highest BCUT2D eigenvalue weighted by molar-refractivity contribution is 5.94. The number of carbonyl (C=O) groups is 1. The van der Waals surface area contributed by atoms with E-state index in [9.17, 15) is 18.0 Å². The van der Waals surface area contributed by atoms with Crippen LogP contribution in [0, 0.1) is 6.92 Å². The molecule has 8 nitrogen and oxygen atoms in total. The molecule has 0 bridgehead atoms. The van der Waals surface area contributed by atoms with Gasteiger partial charge < -0.3 is 10.1 Å². The summed E-state index contributed by atoms with van der Waals surface area (Å²) in [6, 6.07) is 7.70. The number of alkyl halides is 3. The first-order chi connectivity index (χ1) is 15.3. The predicted molar refractivity (Wildman–Crippen MR) is 109 cm³/mol. The van der Waals surface area contributed by atoms with Gasteiger partial charge in [0.1, 0.15) is 5.82 Å². The van der Waals surface area contributed by atoms with Crippen LogP contribution in [0.5, 0.6) is 0 Å². The summed E-state index contributed by atoms with van der Waals surface area (Å²) in [4.78, 5) is 27.9. The van der Waals surface area contributed by atoms with Crippen molar-refractivity contribution in [3.05, 3.63) is 71.6 Å². The molecule has 0 fully saturated rings. The highest BCUT2D eigenvalue weighted by Crippen LogP contribution is 2.33. The largest absolute Gasteiger partial charge is 0.465 e. The van der Waals surface area contributed by atoms with Crippen LogP contribution in [-0.2, 0) is 17.5 Å². The first-order valence-electron chi connectivity index (χ1n) is 9.42. The molecule has 0 unspecified atom stereocenters.